The molecule has 88 valence electrons. The van der Waals surface area contributed by atoms with Crippen LogP contribution in [0.25, 0.3) is 0 Å². The summed E-state index contributed by atoms with van der Waals surface area (Å²) in [6.07, 6.45) is 3.15. The minimum absolute atomic E-state index is 0.256. The summed E-state index contributed by atoms with van der Waals surface area (Å²) >= 11 is 0. The van der Waals surface area contributed by atoms with Crippen LogP contribution < -0.4 is 5.32 Å². The lowest BCUT2D eigenvalue weighted by atomic mass is 9.92. The van der Waals surface area contributed by atoms with Crippen molar-refractivity contribution in [1.29, 1.82) is 0 Å². The van der Waals surface area contributed by atoms with E-state index in [0.29, 0.717) is 5.41 Å². The number of nitrogens with one attached hydrogen (secondary N) is 1. The lowest BCUT2D eigenvalue weighted by molar-refractivity contribution is 0.378. The van der Waals surface area contributed by atoms with Crippen LogP contribution in [0.4, 0.5) is 14.5 Å². The van der Waals surface area contributed by atoms with E-state index >= 15 is 0 Å². The highest BCUT2D eigenvalue weighted by molar-refractivity contribution is 5.46. The highest BCUT2D eigenvalue weighted by Crippen LogP contribution is 2.38. The summed E-state index contributed by atoms with van der Waals surface area (Å²) in [6, 6.07) is 3.78. The summed E-state index contributed by atoms with van der Waals surface area (Å²) in [7, 11) is 0. The van der Waals surface area contributed by atoms with Crippen LogP contribution in [0.5, 0.6) is 0 Å². The third-order valence-electron chi connectivity index (χ3n) is 3.26. The summed E-state index contributed by atoms with van der Waals surface area (Å²) in [5, 5.41) is 3.09. The molecule has 1 aliphatic carbocycles. The molecular weight excluding hydrogens is 208 g/mol. The Morgan fingerprint density at radius 2 is 2.06 bits per heavy atom. The number of anilines is 1. The third-order valence-corrected chi connectivity index (χ3v) is 3.26. The number of hydrogen-bond donors (Lipinski definition) is 1. The molecule has 1 unspecified atom stereocenters. The number of rotatable bonds is 2. The SMILES string of the molecule is CC1(C)CCC(Nc2cc(F)ccc2F)C1. The van der Waals surface area contributed by atoms with Gasteiger partial charge in [-0.15, -0.1) is 0 Å². The third kappa shape index (κ3) is 2.52. The maximum absolute atomic E-state index is 13.4. The van der Waals surface area contributed by atoms with Crippen LogP contribution in [0.15, 0.2) is 18.2 Å². The molecule has 2 rings (SSSR count). The van der Waals surface area contributed by atoms with Gasteiger partial charge in [0.25, 0.3) is 0 Å². The largest absolute Gasteiger partial charge is 0.380 e. The predicted molar refractivity (Wildman–Crippen MR) is 61.4 cm³/mol. The summed E-state index contributed by atoms with van der Waals surface area (Å²) in [5.41, 5.74) is 0.587. The van der Waals surface area contributed by atoms with Gasteiger partial charge in [0.05, 0.1) is 5.69 Å². The first-order chi connectivity index (χ1) is 7.46. The Morgan fingerprint density at radius 1 is 1.31 bits per heavy atom. The maximum atomic E-state index is 13.4. The van der Waals surface area contributed by atoms with E-state index in [1.54, 1.807) is 0 Å². The van der Waals surface area contributed by atoms with Gasteiger partial charge in [0, 0.05) is 6.04 Å². The molecule has 0 spiro atoms. The summed E-state index contributed by atoms with van der Waals surface area (Å²) in [4.78, 5) is 0. The van der Waals surface area contributed by atoms with Gasteiger partial charge in [-0.2, -0.15) is 0 Å². The molecule has 1 saturated carbocycles. The molecule has 1 aliphatic rings. The van der Waals surface area contributed by atoms with Gasteiger partial charge in [-0.05, 0) is 42.9 Å². The Bertz CT molecular complexity index is 388. The van der Waals surface area contributed by atoms with Crippen molar-refractivity contribution in [1.82, 2.24) is 0 Å². The quantitative estimate of drug-likeness (QED) is 0.803. The minimum Gasteiger partial charge on any atom is -0.380 e. The first-order valence-corrected chi connectivity index (χ1v) is 5.68. The van der Waals surface area contributed by atoms with Gasteiger partial charge in [-0.3, -0.25) is 0 Å². The molecule has 0 saturated heterocycles. The van der Waals surface area contributed by atoms with Crippen LogP contribution in [0.3, 0.4) is 0 Å². The topological polar surface area (TPSA) is 12.0 Å². The van der Waals surface area contributed by atoms with Crippen LogP contribution in [-0.2, 0) is 0 Å². The monoisotopic (exact) mass is 225 g/mol. The second-order valence-corrected chi connectivity index (χ2v) is 5.37. The Morgan fingerprint density at radius 3 is 2.69 bits per heavy atom. The van der Waals surface area contributed by atoms with E-state index < -0.39 is 5.82 Å². The van der Waals surface area contributed by atoms with E-state index in [1.165, 1.54) is 6.07 Å². The first-order valence-electron chi connectivity index (χ1n) is 5.68. The fourth-order valence-electron chi connectivity index (χ4n) is 2.39. The van der Waals surface area contributed by atoms with Crippen LogP contribution >= 0.6 is 0 Å². The smallest absolute Gasteiger partial charge is 0.146 e. The fraction of sp³-hybridized carbons (Fsp3) is 0.538. The molecule has 0 aromatic heterocycles. The normalized spacial score (nSPS) is 23.4. The molecule has 1 N–H and O–H groups in total. The Labute approximate surface area is 94.9 Å². The van der Waals surface area contributed by atoms with Crippen molar-refractivity contribution < 1.29 is 8.78 Å². The molecule has 0 heterocycles. The van der Waals surface area contributed by atoms with Crippen molar-refractivity contribution in [2.24, 2.45) is 5.41 Å². The summed E-state index contributed by atoms with van der Waals surface area (Å²) < 4.78 is 26.4. The molecule has 0 aliphatic heterocycles. The second kappa shape index (κ2) is 4.04. The molecule has 16 heavy (non-hydrogen) atoms. The molecule has 0 radical (unpaired) electrons. The molecule has 0 amide bonds. The van der Waals surface area contributed by atoms with Crippen LogP contribution in [0.2, 0.25) is 0 Å². The first kappa shape index (κ1) is 11.4. The van der Waals surface area contributed by atoms with Crippen LogP contribution in [-0.4, -0.2) is 6.04 Å². The van der Waals surface area contributed by atoms with Gasteiger partial charge in [0.1, 0.15) is 11.6 Å². The van der Waals surface area contributed by atoms with E-state index in [2.05, 4.69) is 19.2 Å². The van der Waals surface area contributed by atoms with Crippen molar-refractivity contribution in [3.05, 3.63) is 29.8 Å². The lowest BCUT2D eigenvalue weighted by Crippen LogP contribution is -2.18. The van der Waals surface area contributed by atoms with Gasteiger partial charge in [-0.25, -0.2) is 8.78 Å². The molecule has 1 atom stereocenters. The average Bonchev–Trinajstić information content (AvgIpc) is 2.52. The van der Waals surface area contributed by atoms with Gasteiger partial charge in [0.2, 0.25) is 0 Å². The predicted octanol–water partition coefficient (Wildman–Crippen LogP) is 3.96. The van der Waals surface area contributed by atoms with Crippen molar-refractivity contribution >= 4 is 5.69 Å². The van der Waals surface area contributed by atoms with Crippen molar-refractivity contribution in [2.45, 2.75) is 39.2 Å². The molecule has 3 heteroatoms. The molecule has 0 bridgehead atoms. The Kier molecular flexibility index (Phi) is 2.87. The van der Waals surface area contributed by atoms with Crippen molar-refractivity contribution in [3.8, 4) is 0 Å². The van der Waals surface area contributed by atoms with Gasteiger partial charge in [0.15, 0.2) is 0 Å². The molecule has 1 aromatic carbocycles. The van der Waals surface area contributed by atoms with Crippen LogP contribution in [0.1, 0.15) is 33.1 Å². The molecule has 1 nitrogen and oxygen atoms in total. The molecular formula is C13H17F2N. The summed E-state index contributed by atoms with van der Waals surface area (Å²) in [6.45, 7) is 4.41. The molecule has 1 aromatic rings. The Hall–Kier alpha value is -1.12. The zero-order valence-corrected chi connectivity index (χ0v) is 9.69. The van der Waals surface area contributed by atoms with Crippen molar-refractivity contribution in [3.63, 3.8) is 0 Å². The number of benzene rings is 1. The highest BCUT2D eigenvalue weighted by Gasteiger charge is 2.31. The standard InChI is InChI=1S/C13H17F2N/c1-13(2)6-5-10(8-13)16-12-7-9(14)3-4-11(12)15/h3-4,7,10,16H,5-6,8H2,1-2H3. The maximum Gasteiger partial charge on any atom is 0.146 e. The second-order valence-electron chi connectivity index (χ2n) is 5.37. The van der Waals surface area contributed by atoms with E-state index in [1.807, 2.05) is 0 Å². The zero-order chi connectivity index (χ0) is 11.8. The minimum atomic E-state index is -0.402. The number of halogens is 2. The van der Waals surface area contributed by atoms with E-state index in [0.717, 1.165) is 31.4 Å². The Balaban J connectivity index is 2.07. The average molecular weight is 225 g/mol. The van der Waals surface area contributed by atoms with E-state index in [-0.39, 0.29) is 17.5 Å². The fourth-order valence-corrected chi connectivity index (χ4v) is 2.39. The number of hydrogen-bond acceptors (Lipinski definition) is 1. The highest BCUT2D eigenvalue weighted by atomic mass is 19.1. The van der Waals surface area contributed by atoms with Crippen LogP contribution in [0, 0.1) is 17.0 Å². The van der Waals surface area contributed by atoms with E-state index in [9.17, 15) is 8.78 Å². The summed E-state index contributed by atoms with van der Waals surface area (Å²) in [5.74, 6) is -0.785. The van der Waals surface area contributed by atoms with Gasteiger partial charge in [-0.1, -0.05) is 13.8 Å². The van der Waals surface area contributed by atoms with E-state index in [4.69, 9.17) is 0 Å². The van der Waals surface area contributed by atoms with Crippen molar-refractivity contribution in [2.75, 3.05) is 5.32 Å². The van der Waals surface area contributed by atoms with Gasteiger partial charge >= 0.3 is 0 Å². The molecule has 1 fully saturated rings. The lowest BCUT2D eigenvalue weighted by Gasteiger charge is -2.18. The van der Waals surface area contributed by atoms with Gasteiger partial charge < -0.3 is 5.32 Å². The zero-order valence-electron chi connectivity index (χ0n) is 9.69.